The van der Waals surface area contributed by atoms with Crippen molar-refractivity contribution in [3.63, 3.8) is 0 Å². The highest BCUT2D eigenvalue weighted by atomic mass is 16.5. The number of likely N-dealkylation sites (N-methyl/N-ethyl adjacent to an activating group) is 1. The van der Waals surface area contributed by atoms with Gasteiger partial charge in [-0.3, -0.25) is 19.3 Å². The second-order valence-electron chi connectivity index (χ2n) is 4.61. The predicted molar refractivity (Wildman–Crippen MR) is 72.6 cm³/mol. The zero-order chi connectivity index (χ0) is 15.6. The minimum Gasteiger partial charge on any atom is -0.499 e. The first-order chi connectivity index (χ1) is 9.97. The van der Waals surface area contributed by atoms with Crippen molar-refractivity contribution in [2.45, 2.75) is 0 Å². The molecule has 0 bridgehead atoms. The Labute approximate surface area is 122 Å². The lowest BCUT2D eigenvalue weighted by molar-refractivity contribution is -0.137. The highest BCUT2D eigenvalue weighted by Crippen LogP contribution is 2.20. The Kier molecular flexibility index (Phi) is 4.23. The number of hydrogen-bond donors (Lipinski definition) is 0. The number of methoxy groups -OCH3 is 2. The quantitative estimate of drug-likeness (QED) is 0.672. The van der Waals surface area contributed by atoms with Crippen molar-refractivity contribution in [1.82, 2.24) is 9.80 Å². The molecule has 0 unspecified atom stereocenters. The van der Waals surface area contributed by atoms with E-state index in [2.05, 4.69) is 0 Å². The van der Waals surface area contributed by atoms with E-state index in [1.807, 2.05) is 0 Å². The van der Waals surface area contributed by atoms with Crippen LogP contribution in [-0.2, 0) is 23.9 Å². The second-order valence-corrected chi connectivity index (χ2v) is 4.61. The first-order valence-corrected chi connectivity index (χ1v) is 6.27. The minimum absolute atomic E-state index is 0.101. The van der Waals surface area contributed by atoms with Gasteiger partial charge in [0.15, 0.2) is 0 Å². The van der Waals surface area contributed by atoms with Gasteiger partial charge in [-0.25, -0.2) is 0 Å². The van der Waals surface area contributed by atoms with E-state index >= 15 is 0 Å². The number of carbonyl (C=O) groups is 3. The van der Waals surface area contributed by atoms with Crippen molar-refractivity contribution >= 4 is 17.7 Å². The molecule has 3 amide bonds. The third kappa shape index (κ3) is 2.87. The molecule has 7 heteroatoms. The van der Waals surface area contributed by atoms with Gasteiger partial charge in [0.05, 0.1) is 20.3 Å². The molecule has 0 fully saturated rings. The summed E-state index contributed by atoms with van der Waals surface area (Å²) in [4.78, 5) is 38.1. The van der Waals surface area contributed by atoms with E-state index in [9.17, 15) is 14.4 Å². The van der Waals surface area contributed by atoms with Gasteiger partial charge in [-0.05, 0) is 6.08 Å². The standard InChI is InChI=1S/C14H16N2O5/c1-15-10(4-9(8-20-2)14(15)19)5-12(17)16-7-11(21-3)6-13(16)18/h4-6H,7-8H2,1-3H3/b10-5+. The molecular weight excluding hydrogens is 276 g/mol. The maximum atomic E-state index is 12.1. The third-order valence-corrected chi connectivity index (χ3v) is 3.25. The minimum atomic E-state index is -0.493. The second kappa shape index (κ2) is 5.92. The van der Waals surface area contributed by atoms with Gasteiger partial charge in [0.1, 0.15) is 5.76 Å². The molecule has 0 atom stereocenters. The highest BCUT2D eigenvalue weighted by Gasteiger charge is 2.29. The Morgan fingerprint density at radius 3 is 2.62 bits per heavy atom. The van der Waals surface area contributed by atoms with E-state index in [1.54, 1.807) is 13.1 Å². The fraction of sp³-hybridized carbons (Fsp3) is 0.357. The van der Waals surface area contributed by atoms with Crippen LogP contribution in [0.15, 0.2) is 35.3 Å². The number of imide groups is 1. The van der Waals surface area contributed by atoms with Gasteiger partial charge < -0.3 is 14.4 Å². The maximum absolute atomic E-state index is 12.1. The molecule has 112 valence electrons. The molecule has 0 aliphatic carbocycles. The molecule has 2 rings (SSSR count). The Bertz CT molecular complexity index is 588. The van der Waals surface area contributed by atoms with Gasteiger partial charge >= 0.3 is 0 Å². The van der Waals surface area contributed by atoms with Crippen LogP contribution in [0, 0.1) is 0 Å². The van der Waals surface area contributed by atoms with Crippen LogP contribution in [0.3, 0.4) is 0 Å². The van der Waals surface area contributed by atoms with E-state index in [0.717, 1.165) is 4.90 Å². The highest BCUT2D eigenvalue weighted by molar-refractivity contribution is 6.08. The molecule has 0 aromatic carbocycles. The van der Waals surface area contributed by atoms with Gasteiger partial charge in [0, 0.05) is 37.6 Å². The van der Waals surface area contributed by atoms with Gasteiger partial charge in [-0.15, -0.1) is 0 Å². The molecule has 7 nitrogen and oxygen atoms in total. The van der Waals surface area contributed by atoms with Crippen LogP contribution >= 0.6 is 0 Å². The molecule has 21 heavy (non-hydrogen) atoms. The number of ether oxygens (including phenoxy) is 2. The summed E-state index contributed by atoms with van der Waals surface area (Å²) in [7, 11) is 4.49. The first kappa shape index (κ1) is 15.0. The molecule has 2 aliphatic heterocycles. The number of amides is 3. The monoisotopic (exact) mass is 292 g/mol. The fourth-order valence-corrected chi connectivity index (χ4v) is 2.08. The number of hydrogen-bond acceptors (Lipinski definition) is 5. The van der Waals surface area contributed by atoms with Crippen molar-refractivity contribution in [3.05, 3.63) is 35.3 Å². The normalized spacial score (nSPS) is 20.2. The van der Waals surface area contributed by atoms with Crippen LogP contribution in [0.1, 0.15) is 0 Å². The summed E-state index contributed by atoms with van der Waals surface area (Å²) in [6.45, 7) is 0.275. The lowest BCUT2D eigenvalue weighted by Gasteiger charge is -2.14. The number of carbonyl (C=O) groups excluding carboxylic acids is 3. The summed E-state index contributed by atoms with van der Waals surface area (Å²) >= 11 is 0. The van der Waals surface area contributed by atoms with Gasteiger partial charge in [-0.1, -0.05) is 0 Å². The molecule has 0 saturated heterocycles. The third-order valence-electron chi connectivity index (χ3n) is 3.25. The summed E-state index contributed by atoms with van der Waals surface area (Å²) in [5.41, 5.74) is 0.887. The molecule has 0 N–H and O–H groups in total. The molecule has 0 radical (unpaired) electrons. The predicted octanol–water partition coefficient (Wildman–Crippen LogP) is -0.186. The lowest BCUT2D eigenvalue weighted by atomic mass is 10.3. The van der Waals surface area contributed by atoms with E-state index in [-0.39, 0.29) is 19.1 Å². The summed E-state index contributed by atoms with van der Waals surface area (Å²) in [6.07, 6.45) is 4.10. The lowest BCUT2D eigenvalue weighted by Crippen LogP contribution is -2.32. The van der Waals surface area contributed by atoms with Crippen LogP contribution < -0.4 is 0 Å². The van der Waals surface area contributed by atoms with Crippen LogP contribution in [-0.4, -0.2) is 61.9 Å². The molecule has 0 aromatic heterocycles. The SMILES string of the molecule is COCC1=C/C(=C\C(=O)N2CC(OC)=CC2=O)N(C)C1=O. The van der Waals surface area contributed by atoms with E-state index in [0.29, 0.717) is 17.0 Å². The smallest absolute Gasteiger partial charge is 0.257 e. The number of allylic oxidation sites excluding steroid dienone is 1. The molecular formula is C14H16N2O5. The summed E-state index contributed by atoms with van der Waals surface area (Å²) in [5, 5.41) is 0. The zero-order valence-electron chi connectivity index (χ0n) is 12.1. The van der Waals surface area contributed by atoms with Gasteiger partial charge in [0.2, 0.25) is 0 Å². The van der Waals surface area contributed by atoms with Crippen LogP contribution in [0.4, 0.5) is 0 Å². The van der Waals surface area contributed by atoms with E-state index in [1.165, 1.54) is 31.3 Å². The van der Waals surface area contributed by atoms with Gasteiger partial charge in [-0.2, -0.15) is 0 Å². The molecule has 2 aliphatic rings. The maximum Gasteiger partial charge on any atom is 0.257 e. The van der Waals surface area contributed by atoms with Crippen molar-refractivity contribution in [1.29, 1.82) is 0 Å². The van der Waals surface area contributed by atoms with Crippen molar-refractivity contribution in [3.8, 4) is 0 Å². The Morgan fingerprint density at radius 2 is 2.05 bits per heavy atom. The molecule has 0 saturated carbocycles. The Balaban J connectivity index is 2.15. The Hall–Kier alpha value is -2.41. The average Bonchev–Trinajstić information content (AvgIpc) is 2.95. The summed E-state index contributed by atoms with van der Waals surface area (Å²) in [5.74, 6) is -0.716. The van der Waals surface area contributed by atoms with Crippen LogP contribution in [0.25, 0.3) is 0 Å². The van der Waals surface area contributed by atoms with Gasteiger partial charge in [0.25, 0.3) is 17.7 Å². The first-order valence-electron chi connectivity index (χ1n) is 6.27. The van der Waals surface area contributed by atoms with Crippen molar-refractivity contribution < 1.29 is 23.9 Å². The summed E-state index contributed by atoms with van der Waals surface area (Å²) < 4.78 is 9.88. The number of rotatable bonds is 4. The van der Waals surface area contributed by atoms with Crippen molar-refractivity contribution in [2.24, 2.45) is 0 Å². The Morgan fingerprint density at radius 1 is 1.33 bits per heavy atom. The average molecular weight is 292 g/mol. The largest absolute Gasteiger partial charge is 0.499 e. The molecule has 2 heterocycles. The van der Waals surface area contributed by atoms with E-state index < -0.39 is 11.8 Å². The fourth-order valence-electron chi connectivity index (χ4n) is 2.08. The number of nitrogens with zero attached hydrogens (tertiary/aromatic N) is 2. The molecule has 0 aromatic rings. The van der Waals surface area contributed by atoms with E-state index in [4.69, 9.17) is 9.47 Å². The van der Waals surface area contributed by atoms with Crippen LogP contribution in [0.5, 0.6) is 0 Å². The summed E-state index contributed by atoms with van der Waals surface area (Å²) in [6, 6.07) is 0. The zero-order valence-corrected chi connectivity index (χ0v) is 12.1. The topological polar surface area (TPSA) is 76.2 Å². The molecule has 0 spiro atoms. The van der Waals surface area contributed by atoms with Crippen molar-refractivity contribution in [2.75, 3.05) is 34.4 Å². The van der Waals surface area contributed by atoms with Crippen LogP contribution in [0.2, 0.25) is 0 Å².